The summed E-state index contributed by atoms with van der Waals surface area (Å²) in [6.45, 7) is 9.19. The second kappa shape index (κ2) is 8.25. The molecule has 1 aromatic rings. The van der Waals surface area contributed by atoms with Gasteiger partial charge in [0.25, 0.3) is 0 Å². The normalized spacial score (nSPS) is 20.6. The van der Waals surface area contributed by atoms with Gasteiger partial charge in [-0.1, -0.05) is 49.3 Å². The van der Waals surface area contributed by atoms with Gasteiger partial charge in [-0.05, 0) is 25.9 Å². The number of quaternary nitrogens is 1. The molecular weight excluding hydrogens is 270 g/mol. The van der Waals surface area contributed by atoms with Crippen LogP contribution in [-0.4, -0.2) is 48.4 Å². The molecule has 0 fully saturated rings. The lowest BCUT2D eigenvalue weighted by molar-refractivity contribution is -0.864. The topological polar surface area (TPSA) is 15.6 Å². The average molecular weight is 300 g/mol. The van der Waals surface area contributed by atoms with Crippen molar-refractivity contribution < 1.29 is 4.59 Å². The van der Waals surface area contributed by atoms with E-state index in [0.717, 1.165) is 12.3 Å². The molecule has 0 aliphatic carbocycles. The standard InChI is InChI=1S/C19H30N3/c1-4-13-21(14-5-2)15-9-16-22(3)17-12-19(20-22)18-10-7-6-8-11-18/h6-8,10-12,17H,4-5,9,13-16H2,1-3H3/q+1. The highest BCUT2D eigenvalue weighted by atomic mass is 15.6. The second-order valence-corrected chi connectivity index (χ2v) is 6.30. The van der Waals surface area contributed by atoms with Crippen LogP contribution in [0.15, 0.2) is 47.7 Å². The average Bonchev–Trinajstić information content (AvgIpc) is 2.91. The van der Waals surface area contributed by atoms with Crippen LogP contribution in [0.2, 0.25) is 0 Å². The Morgan fingerprint density at radius 3 is 2.32 bits per heavy atom. The highest BCUT2D eigenvalue weighted by Crippen LogP contribution is 2.18. The summed E-state index contributed by atoms with van der Waals surface area (Å²) >= 11 is 0. The van der Waals surface area contributed by atoms with Crippen molar-refractivity contribution in [3.8, 4) is 0 Å². The minimum absolute atomic E-state index is 0.677. The smallest absolute Gasteiger partial charge is 0.132 e. The Balaban J connectivity index is 1.88. The van der Waals surface area contributed by atoms with Gasteiger partial charge in [-0.2, -0.15) is 4.59 Å². The molecule has 1 aromatic carbocycles. The number of allylic oxidation sites excluding steroid dienone is 1. The summed E-state index contributed by atoms with van der Waals surface area (Å²) in [5.41, 5.74) is 2.31. The Labute approximate surface area is 135 Å². The van der Waals surface area contributed by atoms with Crippen molar-refractivity contribution in [3.05, 3.63) is 48.2 Å². The van der Waals surface area contributed by atoms with E-state index in [-0.39, 0.29) is 0 Å². The first kappa shape index (κ1) is 16.9. The first-order valence-corrected chi connectivity index (χ1v) is 8.59. The van der Waals surface area contributed by atoms with E-state index in [1.807, 2.05) is 6.07 Å². The van der Waals surface area contributed by atoms with Crippen LogP contribution in [-0.2, 0) is 0 Å². The lowest BCUT2D eigenvalue weighted by Gasteiger charge is -2.24. The van der Waals surface area contributed by atoms with Crippen LogP contribution in [0.25, 0.3) is 0 Å². The van der Waals surface area contributed by atoms with Crippen molar-refractivity contribution >= 4 is 5.71 Å². The van der Waals surface area contributed by atoms with Crippen LogP contribution in [0.3, 0.4) is 0 Å². The summed E-state index contributed by atoms with van der Waals surface area (Å²) < 4.78 is 0.677. The van der Waals surface area contributed by atoms with E-state index < -0.39 is 0 Å². The van der Waals surface area contributed by atoms with Crippen LogP contribution >= 0.6 is 0 Å². The van der Waals surface area contributed by atoms with E-state index in [1.54, 1.807) is 0 Å². The van der Waals surface area contributed by atoms with Crippen LogP contribution in [0, 0.1) is 0 Å². The van der Waals surface area contributed by atoms with Gasteiger partial charge >= 0.3 is 0 Å². The largest absolute Gasteiger partial charge is 0.303 e. The van der Waals surface area contributed by atoms with Gasteiger partial charge in [0.2, 0.25) is 0 Å². The van der Waals surface area contributed by atoms with E-state index >= 15 is 0 Å². The molecule has 0 radical (unpaired) electrons. The van der Waals surface area contributed by atoms with Crippen molar-refractivity contribution in [2.45, 2.75) is 33.1 Å². The van der Waals surface area contributed by atoms with E-state index in [1.165, 1.54) is 44.5 Å². The van der Waals surface area contributed by atoms with Crippen LogP contribution < -0.4 is 0 Å². The van der Waals surface area contributed by atoms with Gasteiger partial charge in [0.1, 0.15) is 18.5 Å². The molecule has 1 aliphatic rings. The third kappa shape index (κ3) is 4.79. The maximum absolute atomic E-state index is 4.90. The van der Waals surface area contributed by atoms with Gasteiger partial charge in [0.15, 0.2) is 0 Å². The molecule has 0 aromatic heterocycles. The zero-order valence-corrected chi connectivity index (χ0v) is 14.3. The zero-order valence-electron chi connectivity index (χ0n) is 14.3. The summed E-state index contributed by atoms with van der Waals surface area (Å²) in [4.78, 5) is 2.58. The Hall–Kier alpha value is -1.45. The molecule has 0 N–H and O–H groups in total. The van der Waals surface area contributed by atoms with E-state index in [0.29, 0.717) is 4.59 Å². The van der Waals surface area contributed by atoms with Gasteiger partial charge in [-0.3, -0.25) is 0 Å². The van der Waals surface area contributed by atoms with Gasteiger partial charge in [0, 0.05) is 24.6 Å². The highest BCUT2D eigenvalue weighted by molar-refractivity contribution is 6.08. The maximum Gasteiger partial charge on any atom is 0.132 e. The molecule has 22 heavy (non-hydrogen) atoms. The second-order valence-electron chi connectivity index (χ2n) is 6.30. The lowest BCUT2D eigenvalue weighted by atomic mass is 10.1. The quantitative estimate of drug-likeness (QED) is 0.632. The number of hydrogen-bond acceptors (Lipinski definition) is 2. The van der Waals surface area contributed by atoms with E-state index in [4.69, 9.17) is 5.10 Å². The molecule has 0 amide bonds. The first-order chi connectivity index (χ1) is 10.7. The molecule has 120 valence electrons. The molecule has 1 unspecified atom stereocenters. The number of nitrogens with zero attached hydrogens (tertiary/aromatic N) is 3. The fourth-order valence-electron chi connectivity index (χ4n) is 3.01. The Bertz CT molecular complexity index is 501. The predicted molar refractivity (Wildman–Crippen MR) is 94.8 cm³/mol. The Morgan fingerprint density at radius 1 is 1.00 bits per heavy atom. The number of benzene rings is 1. The van der Waals surface area contributed by atoms with Crippen LogP contribution in [0.4, 0.5) is 0 Å². The van der Waals surface area contributed by atoms with Crippen molar-refractivity contribution in [1.29, 1.82) is 0 Å². The van der Waals surface area contributed by atoms with Crippen molar-refractivity contribution in [3.63, 3.8) is 0 Å². The third-order valence-corrected chi connectivity index (χ3v) is 4.12. The SMILES string of the molecule is CCCN(CCC)CCC[N+]1(C)C=CC(c2ccccc2)=N1. The molecule has 3 heteroatoms. The van der Waals surface area contributed by atoms with Gasteiger partial charge in [-0.15, -0.1) is 0 Å². The van der Waals surface area contributed by atoms with Crippen LogP contribution in [0.5, 0.6) is 0 Å². The highest BCUT2D eigenvalue weighted by Gasteiger charge is 2.25. The fraction of sp³-hybridized carbons (Fsp3) is 0.526. The number of hydrogen-bond donors (Lipinski definition) is 0. The summed E-state index contributed by atoms with van der Waals surface area (Å²) in [6.07, 6.45) is 8.04. The summed E-state index contributed by atoms with van der Waals surface area (Å²) in [7, 11) is 2.19. The third-order valence-electron chi connectivity index (χ3n) is 4.12. The molecule has 0 saturated carbocycles. The first-order valence-electron chi connectivity index (χ1n) is 8.59. The molecule has 0 bridgehead atoms. The lowest BCUT2D eigenvalue weighted by Crippen LogP contribution is -2.35. The monoisotopic (exact) mass is 300 g/mol. The van der Waals surface area contributed by atoms with Crippen molar-refractivity contribution in [2.75, 3.05) is 33.2 Å². The maximum atomic E-state index is 4.90. The predicted octanol–water partition coefficient (Wildman–Crippen LogP) is 3.88. The summed E-state index contributed by atoms with van der Waals surface area (Å²) in [5.74, 6) is 0. The van der Waals surface area contributed by atoms with Crippen molar-refractivity contribution in [1.82, 2.24) is 4.90 Å². The van der Waals surface area contributed by atoms with Gasteiger partial charge < -0.3 is 4.90 Å². The molecule has 1 atom stereocenters. The van der Waals surface area contributed by atoms with Crippen LogP contribution in [0.1, 0.15) is 38.7 Å². The minimum Gasteiger partial charge on any atom is -0.303 e. The molecule has 0 spiro atoms. The minimum atomic E-state index is 0.677. The molecule has 0 saturated heterocycles. The fourth-order valence-corrected chi connectivity index (χ4v) is 3.01. The summed E-state index contributed by atoms with van der Waals surface area (Å²) in [6, 6.07) is 10.4. The summed E-state index contributed by atoms with van der Waals surface area (Å²) in [5, 5.41) is 4.90. The van der Waals surface area contributed by atoms with Gasteiger partial charge in [-0.25, -0.2) is 0 Å². The van der Waals surface area contributed by atoms with Crippen molar-refractivity contribution in [2.24, 2.45) is 5.10 Å². The van der Waals surface area contributed by atoms with E-state index in [2.05, 4.69) is 62.3 Å². The molecule has 1 heterocycles. The molecular formula is C19H30N3+. The van der Waals surface area contributed by atoms with E-state index in [9.17, 15) is 0 Å². The Morgan fingerprint density at radius 2 is 1.68 bits per heavy atom. The number of rotatable bonds is 9. The molecule has 1 aliphatic heterocycles. The molecule has 2 rings (SSSR count). The van der Waals surface area contributed by atoms with Gasteiger partial charge in [0.05, 0.1) is 7.05 Å². The molecule has 3 nitrogen and oxygen atoms in total. The Kier molecular flexibility index (Phi) is 6.34. The zero-order chi connectivity index (χ0) is 15.8.